The number of carbonyl (C=O) groups is 2. The van der Waals surface area contributed by atoms with Crippen LogP contribution in [0.3, 0.4) is 0 Å². The van der Waals surface area contributed by atoms with E-state index in [9.17, 15) is 9.59 Å². The summed E-state index contributed by atoms with van der Waals surface area (Å²) in [6, 6.07) is 6.53. The fourth-order valence-corrected chi connectivity index (χ4v) is 3.39. The van der Waals surface area contributed by atoms with E-state index in [-0.39, 0.29) is 18.1 Å². The van der Waals surface area contributed by atoms with Gasteiger partial charge in [0.2, 0.25) is 0 Å². The summed E-state index contributed by atoms with van der Waals surface area (Å²) in [7, 11) is 0. The maximum atomic E-state index is 12.8. The summed E-state index contributed by atoms with van der Waals surface area (Å²) in [6.07, 6.45) is 3.96. The molecule has 25 heavy (non-hydrogen) atoms. The molecule has 1 aliphatic carbocycles. The minimum Gasteiger partial charge on any atom is -0.494 e. The Labute approximate surface area is 147 Å². The molecule has 1 aliphatic heterocycles. The van der Waals surface area contributed by atoms with Crippen LogP contribution in [0.15, 0.2) is 35.5 Å². The highest BCUT2D eigenvalue weighted by Crippen LogP contribution is 2.31. The van der Waals surface area contributed by atoms with E-state index in [1.54, 1.807) is 6.92 Å². The van der Waals surface area contributed by atoms with Gasteiger partial charge >= 0.3 is 12.0 Å². The number of hydrogen-bond acceptors (Lipinski definition) is 4. The zero-order valence-corrected chi connectivity index (χ0v) is 14.6. The first kappa shape index (κ1) is 17.3. The van der Waals surface area contributed by atoms with E-state index in [0.717, 1.165) is 31.2 Å². The number of hydrogen-bond donors (Lipinski definition) is 2. The Kier molecular flexibility index (Phi) is 5.26. The molecule has 1 aromatic carbocycles. The SMILES string of the molecule is CCOc1cccc(C2NC(=O)NC(C)=C2C(=O)OC2CCCC2)c1. The van der Waals surface area contributed by atoms with Crippen LogP contribution in [0, 0.1) is 0 Å². The van der Waals surface area contributed by atoms with Gasteiger partial charge in [-0.15, -0.1) is 0 Å². The molecule has 1 fully saturated rings. The van der Waals surface area contributed by atoms with Crippen molar-refractivity contribution in [2.45, 2.75) is 51.7 Å². The van der Waals surface area contributed by atoms with E-state index in [2.05, 4.69) is 10.6 Å². The van der Waals surface area contributed by atoms with Gasteiger partial charge in [0, 0.05) is 5.70 Å². The van der Waals surface area contributed by atoms with Crippen molar-refractivity contribution in [3.8, 4) is 5.75 Å². The van der Waals surface area contributed by atoms with Crippen LogP contribution in [-0.4, -0.2) is 24.7 Å². The molecule has 134 valence electrons. The predicted octanol–water partition coefficient (Wildman–Crippen LogP) is 3.20. The van der Waals surface area contributed by atoms with Gasteiger partial charge in [0.25, 0.3) is 0 Å². The maximum absolute atomic E-state index is 12.8. The quantitative estimate of drug-likeness (QED) is 0.804. The number of benzene rings is 1. The molecule has 6 nitrogen and oxygen atoms in total. The lowest BCUT2D eigenvalue weighted by Gasteiger charge is -2.29. The highest BCUT2D eigenvalue weighted by molar-refractivity contribution is 5.95. The van der Waals surface area contributed by atoms with Gasteiger partial charge in [-0.2, -0.15) is 0 Å². The third-order valence-corrected chi connectivity index (χ3v) is 4.57. The van der Waals surface area contributed by atoms with Crippen molar-refractivity contribution < 1.29 is 19.1 Å². The fourth-order valence-electron chi connectivity index (χ4n) is 3.39. The molecule has 0 bridgehead atoms. The van der Waals surface area contributed by atoms with Crippen LogP contribution in [0.25, 0.3) is 0 Å². The lowest BCUT2D eigenvalue weighted by atomic mass is 9.95. The number of amides is 2. The van der Waals surface area contributed by atoms with Crippen LogP contribution < -0.4 is 15.4 Å². The van der Waals surface area contributed by atoms with Crippen LogP contribution in [-0.2, 0) is 9.53 Å². The molecule has 1 heterocycles. The molecule has 1 aromatic rings. The van der Waals surface area contributed by atoms with Crippen molar-refractivity contribution in [3.63, 3.8) is 0 Å². The first-order valence-electron chi connectivity index (χ1n) is 8.80. The number of carbonyl (C=O) groups excluding carboxylic acids is 2. The van der Waals surface area contributed by atoms with Gasteiger partial charge in [-0.3, -0.25) is 0 Å². The average Bonchev–Trinajstić information content (AvgIpc) is 3.07. The van der Waals surface area contributed by atoms with Crippen molar-refractivity contribution in [1.29, 1.82) is 0 Å². The molecule has 2 N–H and O–H groups in total. The molecule has 1 atom stereocenters. The number of allylic oxidation sites excluding steroid dienone is 1. The van der Waals surface area contributed by atoms with Crippen molar-refractivity contribution in [2.24, 2.45) is 0 Å². The Morgan fingerprint density at radius 2 is 2.04 bits per heavy atom. The molecule has 0 saturated heterocycles. The second-order valence-electron chi connectivity index (χ2n) is 6.39. The third kappa shape index (κ3) is 3.95. The molecule has 1 unspecified atom stereocenters. The molecule has 0 radical (unpaired) electrons. The van der Waals surface area contributed by atoms with Gasteiger partial charge in [0.05, 0.1) is 18.2 Å². The van der Waals surface area contributed by atoms with Gasteiger partial charge in [0.1, 0.15) is 11.9 Å². The van der Waals surface area contributed by atoms with Crippen molar-refractivity contribution in [2.75, 3.05) is 6.61 Å². The summed E-state index contributed by atoms with van der Waals surface area (Å²) in [5, 5.41) is 5.50. The molecule has 6 heteroatoms. The first-order chi connectivity index (χ1) is 12.1. The monoisotopic (exact) mass is 344 g/mol. The second kappa shape index (κ2) is 7.59. The molecule has 3 rings (SSSR count). The number of esters is 1. The minimum atomic E-state index is -0.553. The maximum Gasteiger partial charge on any atom is 0.338 e. The Hall–Kier alpha value is -2.50. The van der Waals surface area contributed by atoms with E-state index in [1.807, 2.05) is 31.2 Å². The number of urea groups is 1. The zero-order chi connectivity index (χ0) is 17.8. The normalized spacial score (nSPS) is 20.9. The summed E-state index contributed by atoms with van der Waals surface area (Å²) in [6.45, 7) is 4.18. The van der Waals surface area contributed by atoms with Crippen LogP contribution >= 0.6 is 0 Å². The van der Waals surface area contributed by atoms with E-state index in [4.69, 9.17) is 9.47 Å². The first-order valence-corrected chi connectivity index (χ1v) is 8.80. The van der Waals surface area contributed by atoms with Crippen LogP contribution in [0.1, 0.15) is 51.1 Å². The summed E-state index contributed by atoms with van der Waals surface area (Å²) in [5.74, 6) is 0.331. The van der Waals surface area contributed by atoms with Crippen molar-refractivity contribution >= 4 is 12.0 Å². The lowest BCUT2D eigenvalue weighted by molar-refractivity contribution is -0.144. The largest absolute Gasteiger partial charge is 0.494 e. The molecule has 1 saturated carbocycles. The van der Waals surface area contributed by atoms with Gasteiger partial charge in [-0.05, 0) is 57.2 Å². The number of nitrogens with one attached hydrogen (secondary N) is 2. The van der Waals surface area contributed by atoms with Gasteiger partial charge in [0.15, 0.2) is 0 Å². The number of ether oxygens (including phenoxy) is 2. The summed E-state index contributed by atoms with van der Waals surface area (Å²) < 4.78 is 11.2. The average molecular weight is 344 g/mol. The standard InChI is InChI=1S/C19H24N2O4/c1-3-24-15-10-6-7-13(11-15)17-16(12(2)20-19(23)21-17)18(22)25-14-8-4-5-9-14/h6-7,10-11,14,17H,3-5,8-9H2,1-2H3,(H2,20,21,23). The molecule has 2 aliphatic rings. The van der Waals surface area contributed by atoms with Gasteiger partial charge in [-0.25, -0.2) is 9.59 Å². The van der Waals surface area contributed by atoms with E-state index < -0.39 is 6.04 Å². The Balaban J connectivity index is 1.89. The zero-order valence-electron chi connectivity index (χ0n) is 14.6. The summed E-state index contributed by atoms with van der Waals surface area (Å²) in [5.41, 5.74) is 1.76. The van der Waals surface area contributed by atoms with Crippen molar-refractivity contribution in [3.05, 3.63) is 41.1 Å². The molecular formula is C19H24N2O4. The topological polar surface area (TPSA) is 76.7 Å². The lowest BCUT2D eigenvalue weighted by Crippen LogP contribution is -2.45. The second-order valence-corrected chi connectivity index (χ2v) is 6.39. The minimum absolute atomic E-state index is 0.0270. The van der Waals surface area contributed by atoms with E-state index in [0.29, 0.717) is 23.6 Å². The van der Waals surface area contributed by atoms with Gasteiger partial charge < -0.3 is 20.1 Å². The molecule has 0 spiro atoms. The Morgan fingerprint density at radius 1 is 1.28 bits per heavy atom. The summed E-state index contributed by atoms with van der Waals surface area (Å²) in [4.78, 5) is 24.7. The Morgan fingerprint density at radius 3 is 2.76 bits per heavy atom. The van der Waals surface area contributed by atoms with Crippen LogP contribution in [0.4, 0.5) is 4.79 Å². The van der Waals surface area contributed by atoms with Crippen LogP contribution in [0.2, 0.25) is 0 Å². The number of rotatable bonds is 5. The smallest absolute Gasteiger partial charge is 0.338 e. The van der Waals surface area contributed by atoms with Crippen LogP contribution in [0.5, 0.6) is 5.75 Å². The predicted molar refractivity (Wildman–Crippen MR) is 93.1 cm³/mol. The highest BCUT2D eigenvalue weighted by atomic mass is 16.5. The third-order valence-electron chi connectivity index (χ3n) is 4.57. The van der Waals surface area contributed by atoms with E-state index in [1.165, 1.54) is 0 Å². The summed E-state index contributed by atoms with van der Waals surface area (Å²) >= 11 is 0. The van der Waals surface area contributed by atoms with Gasteiger partial charge in [-0.1, -0.05) is 12.1 Å². The fraction of sp³-hybridized carbons (Fsp3) is 0.474. The molecular weight excluding hydrogens is 320 g/mol. The van der Waals surface area contributed by atoms with Crippen molar-refractivity contribution in [1.82, 2.24) is 10.6 Å². The Bertz CT molecular complexity index is 692. The highest BCUT2D eigenvalue weighted by Gasteiger charge is 2.34. The molecule has 0 aromatic heterocycles. The molecule has 2 amide bonds. The van der Waals surface area contributed by atoms with E-state index >= 15 is 0 Å².